The summed E-state index contributed by atoms with van der Waals surface area (Å²) in [6.45, 7) is 2.05. The number of thiazole rings is 1. The first-order valence-electron chi connectivity index (χ1n) is 4.53. The molecule has 0 amide bonds. The molecule has 3 nitrogen and oxygen atoms in total. The first-order chi connectivity index (χ1) is 6.90. The second kappa shape index (κ2) is 4.19. The minimum atomic E-state index is 0.843. The lowest BCUT2D eigenvalue weighted by Crippen LogP contribution is -1.86. The number of fused-ring (bicyclic) bond motifs is 1. The van der Waals surface area contributed by atoms with Crippen LogP contribution in [0.3, 0.4) is 0 Å². The number of aromatic nitrogens is 1. The number of nitrogens with zero attached hydrogens (tertiary/aromatic N) is 2. The van der Waals surface area contributed by atoms with E-state index in [4.69, 9.17) is 0 Å². The number of hydrazone groups is 1. The molecule has 0 unspecified atom stereocenters. The summed E-state index contributed by atoms with van der Waals surface area (Å²) in [7, 11) is 0. The highest BCUT2D eigenvalue weighted by Gasteiger charge is 2.00. The maximum atomic E-state index is 4.38. The summed E-state index contributed by atoms with van der Waals surface area (Å²) in [6, 6.07) is 8.06. The van der Waals surface area contributed by atoms with Crippen molar-refractivity contribution in [3.8, 4) is 0 Å². The predicted molar refractivity (Wildman–Crippen MR) is 62.0 cm³/mol. The average Bonchev–Trinajstić information content (AvgIpc) is 2.60. The van der Waals surface area contributed by atoms with Crippen LogP contribution in [0, 0.1) is 0 Å². The van der Waals surface area contributed by atoms with Gasteiger partial charge in [0, 0.05) is 6.21 Å². The minimum absolute atomic E-state index is 0.843. The molecule has 14 heavy (non-hydrogen) atoms. The fourth-order valence-electron chi connectivity index (χ4n) is 1.11. The molecule has 0 fully saturated rings. The topological polar surface area (TPSA) is 37.3 Å². The van der Waals surface area contributed by atoms with Gasteiger partial charge in [-0.1, -0.05) is 30.4 Å². The zero-order valence-corrected chi connectivity index (χ0v) is 8.71. The van der Waals surface area contributed by atoms with Crippen LogP contribution in [-0.4, -0.2) is 11.2 Å². The molecule has 0 aliphatic rings. The summed E-state index contributed by atoms with van der Waals surface area (Å²) >= 11 is 1.61. The van der Waals surface area contributed by atoms with Gasteiger partial charge >= 0.3 is 0 Å². The average molecular weight is 205 g/mol. The molecule has 0 radical (unpaired) electrons. The third-order valence-corrected chi connectivity index (χ3v) is 2.67. The Labute approximate surface area is 86.5 Å². The van der Waals surface area contributed by atoms with E-state index in [0.717, 1.165) is 17.1 Å². The van der Waals surface area contributed by atoms with E-state index in [1.807, 2.05) is 31.3 Å². The zero-order chi connectivity index (χ0) is 9.80. The standard InChI is InChI=1S/C10H11N3S/c1-2-7-11-13-10-12-8-5-3-4-6-9(8)14-10/h3-7H,2H2,1H3,(H,12,13). The molecule has 1 aromatic heterocycles. The lowest BCUT2D eigenvalue weighted by atomic mass is 10.3. The van der Waals surface area contributed by atoms with Gasteiger partial charge in [-0.25, -0.2) is 4.98 Å². The monoisotopic (exact) mass is 205 g/mol. The number of benzene rings is 1. The second-order valence-corrected chi connectivity index (χ2v) is 3.85. The Morgan fingerprint density at radius 1 is 1.50 bits per heavy atom. The third-order valence-electron chi connectivity index (χ3n) is 1.73. The number of nitrogens with one attached hydrogen (secondary N) is 1. The van der Waals surface area contributed by atoms with Crippen molar-refractivity contribution in [3.05, 3.63) is 24.3 Å². The lowest BCUT2D eigenvalue weighted by molar-refractivity contribution is 1.25. The predicted octanol–water partition coefficient (Wildman–Crippen LogP) is 3.10. The Hall–Kier alpha value is -1.42. The summed E-state index contributed by atoms with van der Waals surface area (Å²) in [5.74, 6) is 0. The van der Waals surface area contributed by atoms with Crippen molar-refractivity contribution in [2.24, 2.45) is 5.10 Å². The van der Waals surface area contributed by atoms with Gasteiger partial charge in [0.1, 0.15) is 0 Å². The summed E-state index contributed by atoms with van der Waals surface area (Å²) in [5.41, 5.74) is 3.93. The van der Waals surface area contributed by atoms with E-state index in [9.17, 15) is 0 Å². The van der Waals surface area contributed by atoms with E-state index in [-0.39, 0.29) is 0 Å². The largest absolute Gasteiger partial charge is 0.253 e. The fourth-order valence-corrected chi connectivity index (χ4v) is 1.93. The Balaban J connectivity index is 2.23. The number of rotatable bonds is 3. The van der Waals surface area contributed by atoms with Crippen molar-refractivity contribution < 1.29 is 0 Å². The van der Waals surface area contributed by atoms with E-state index >= 15 is 0 Å². The van der Waals surface area contributed by atoms with Crippen LogP contribution in [0.2, 0.25) is 0 Å². The molecule has 1 N–H and O–H groups in total. The first kappa shape index (κ1) is 9.15. The van der Waals surface area contributed by atoms with Gasteiger partial charge in [-0.3, -0.25) is 5.43 Å². The van der Waals surface area contributed by atoms with Gasteiger partial charge in [0.25, 0.3) is 0 Å². The zero-order valence-electron chi connectivity index (χ0n) is 7.90. The van der Waals surface area contributed by atoms with Crippen LogP contribution in [0.1, 0.15) is 13.3 Å². The summed E-state index contributed by atoms with van der Waals surface area (Å²) < 4.78 is 1.18. The Morgan fingerprint density at radius 2 is 2.36 bits per heavy atom. The van der Waals surface area contributed by atoms with Crippen molar-refractivity contribution in [3.63, 3.8) is 0 Å². The molecule has 0 aliphatic carbocycles. The molecular formula is C10H11N3S. The van der Waals surface area contributed by atoms with Gasteiger partial charge in [0.2, 0.25) is 5.13 Å². The number of hydrogen-bond donors (Lipinski definition) is 1. The molecule has 2 aromatic rings. The fraction of sp³-hybridized carbons (Fsp3) is 0.200. The van der Waals surface area contributed by atoms with Gasteiger partial charge in [0.05, 0.1) is 10.2 Å². The van der Waals surface area contributed by atoms with Crippen LogP contribution in [0.15, 0.2) is 29.4 Å². The van der Waals surface area contributed by atoms with Crippen LogP contribution in [0.5, 0.6) is 0 Å². The maximum absolute atomic E-state index is 4.38. The van der Waals surface area contributed by atoms with Gasteiger partial charge in [-0.05, 0) is 18.6 Å². The molecule has 0 saturated heterocycles. The third kappa shape index (κ3) is 1.90. The molecular weight excluding hydrogens is 194 g/mol. The van der Waals surface area contributed by atoms with Crippen molar-refractivity contribution in [1.29, 1.82) is 0 Å². The molecule has 4 heteroatoms. The number of para-hydroxylation sites is 1. The molecule has 0 aliphatic heterocycles. The molecule has 72 valence electrons. The van der Waals surface area contributed by atoms with E-state index in [0.29, 0.717) is 0 Å². The highest BCUT2D eigenvalue weighted by molar-refractivity contribution is 7.22. The van der Waals surface area contributed by atoms with Crippen LogP contribution < -0.4 is 5.43 Å². The van der Waals surface area contributed by atoms with Gasteiger partial charge in [0.15, 0.2) is 0 Å². The normalized spacial score (nSPS) is 11.2. The molecule has 1 aromatic carbocycles. The molecule has 0 atom stereocenters. The Morgan fingerprint density at radius 3 is 3.14 bits per heavy atom. The Kier molecular flexibility index (Phi) is 2.74. The minimum Gasteiger partial charge on any atom is -0.253 e. The quantitative estimate of drug-likeness (QED) is 0.617. The van der Waals surface area contributed by atoms with Crippen LogP contribution in [0.4, 0.5) is 5.13 Å². The van der Waals surface area contributed by atoms with Gasteiger partial charge < -0.3 is 0 Å². The van der Waals surface area contributed by atoms with Gasteiger partial charge in [-0.15, -0.1) is 0 Å². The second-order valence-electron chi connectivity index (χ2n) is 2.82. The van der Waals surface area contributed by atoms with Crippen molar-refractivity contribution in [1.82, 2.24) is 4.98 Å². The Bertz CT molecular complexity index is 414. The van der Waals surface area contributed by atoms with Crippen LogP contribution >= 0.6 is 11.3 Å². The number of hydrogen-bond acceptors (Lipinski definition) is 4. The number of anilines is 1. The smallest absolute Gasteiger partial charge is 0.204 e. The van der Waals surface area contributed by atoms with Crippen LogP contribution in [0.25, 0.3) is 10.2 Å². The molecule has 0 saturated carbocycles. The lowest BCUT2D eigenvalue weighted by Gasteiger charge is -1.89. The summed E-state index contributed by atoms with van der Waals surface area (Å²) in [4.78, 5) is 4.38. The van der Waals surface area contributed by atoms with E-state index in [1.165, 1.54) is 4.70 Å². The first-order valence-corrected chi connectivity index (χ1v) is 5.35. The maximum Gasteiger partial charge on any atom is 0.204 e. The van der Waals surface area contributed by atoms with Crippen molar-refractivity contribution in [2.75, 3.05) is 5.43 Å². The molecule has 0 spiro atoms. The molecule has 2 rings (SSSR count). The van der Waals surface area contributed by atoms with E-state index in [1.54, 1.807) is 11.3 Å². The van der Waals surface area contributed by atoms with Crippen LogP contribution in [-0.2, 0) is 0 Å². The van der Waals surface area contributed by atoms with Crippen molar-refractivity contribution in [2.45, 2.75) is 13.3 Å². The van der Waals surface area contributed by atoms with E-state index < -0.39 is 0 Å². The van der Waals surface area contributed by atoms with E-state index in [2.05, 4.69) is 21.6 Å². The van der Waals surface area contributed by atoms with Gasteiger partial charge in [-0.2, -0.15) is 5.10 Å². The highest BCUT2D eigenvalue weighted by atomic mass is 32.1. The van der Waals surface area contributed by atoms with Crippen molar-refractivity contribution >= 4 is 32.9 Å². The molecule has 0 bridgehead atoms. The SMILES string of the molecule is CCC=NNc1nc2ccccc2s1. The highest BCUT2D eigenvalue weighted by Crippen LogP contribution is 2.24. The summed E-state index contributed by atoms with van der Waals surface area (Å²) in [6.07, 6.45) is 2.75. The summed E-state index contributed by atoms with van der Waals surface area (Å²) in [5, 5.41) is 4.87. The molecule has 1 heterocycles.